The second-order valence-corrected chi connectivity index (χ2v) is 6.85. The third kappa shape index (κ3) is 4.14. The van der Waals surface area contributed by atoms with Crippen molar-refractivity contribution in [3.05, 3.63) is 35.6 Å². The molecule has 2 rings (SSSR count). The molecule has 0 aliphatic heterocycles. The number of carbonyl (C=O) groups is 1. The molecular weight excluding hydrogens is 253 g/mol. The summed E-state index contributed by atoms with van der Waals surface area (Å²) in [5, 5.41) is 0. The first-order valence-corrected chi connectivity index (χ1v) is 7.31. The lowest BCUT2D eigenvalue weighted by Crippen LogP contribution is -2.37. The minimum Gasteiger partial charge on any atom is -0.301 e. The Morgan fingerprint density at radius 1 is 1.30 bits per heavy atom. The van der Waals surface area contributed by atoms with Gasteiger partial charge in [-0.05, 0) is 43.0 Å². The number of hydrogen-bond acceptors (Lipinski definition) is 2. The van der Waals surface area contributed by atoms with Crippen molar-refractivity contribution < 1.29 is 9.18 Å². The van der Waals surface area contributed by atoms with Crippen molar-refractivity contribution >= 4 is 5.78 Å². The van der Waals surface area contributed by atoms with Gasteiger partial charge in [0.1, 0.15) is 11.6 Å². The maximum atomic E-state index is 12.9. The van der Waals surface area contributed by atoms with E-state index in [4.69, 9.17) is 0 Å². The average molecular weight is 277 g/mol. The van der Waals surface area contributed by atoms with Crippen LogP contribution in [0, 0.1) is 17.2 Å². The minimum absolute atomic E-state index is 0.143. The first-order chi connectivity index (χ1) is 9.35. The number of Topliss-reactive ketones (excluding diaryl/α,β-unsaturated/α-hetero) is 1. The summed E-state index contributed by atoms with van der Waals surface area (Å²) in [6.45, 7) is 6.03. The van der Waals surface area contributed by atoms with Gasteiger partial charge in [0, 0.05) is 25.4 Å². The second kappa shape index (κ2) is 6.04. The van der Waals surface area contributed by atoms with E-state index in [1.165, 1.54) is 12.1 Å². The Morgan fingerprint density at radius 3 is 2.60 bits per heavy atom. The molecule has 0 radical (unpaired) electrons. The maximum absolute atomic E-state index is 12.9. The van der Waals surface area contributed by atoms with E-state index >= 15 is 0 Å². The summed E-state index contributed by atoms with van der Waals surface area (Å²) in [6, 6.07) is 6.58. The molecule has 110 valence electrons. The number of carbonyl (C=O) groups excluding carboxylic acids is 1. The van der Waals surface area contributed by atoms with Crippen molar-refractivity contribution in [1.29, 1.82) is 0 Å². The molecule has 1 aliphatic rings. The lowest BCUT2D eigenvalue weighted by atomic mass is 9.71. The monoisotopic (exact) mass is 277 g/mol. The Kier molecular flexibility index (Phi) is 4.59. The Balaban J connectivity index is 1.91. The summed E-state index contributed by atoms with van der Waals surface area (Å²) >= 11 is 0. The van der Waals surface area contributed by atoms with Gasteiger partial charge in [-0.15, -0.1) is 0 Å². The van der Waals surface area contributed by atoms with Crippen LogP contribution in [0.15, 0.2) is 24.3 Å². The fraction of sp³-hybridized carbons (Fsp3) is 0.588. The van der Waals surface area contributed by atoms with Crippen LogP contribution in [0.5, 0.6) is 0 Å². The summed E-state index contributed by atoms with van der Waals surface area (Å²) < 4.78 is 12.9. The molecule has 0 heterocycles. The molecule has 0 spiro atoms. The van der Waals surface area contributed by atoms with Gasteiger partial charge in [0.25, 0.3) is 0 Å². The van der Waals surface area contributed by atoms with E-state index in [2.05, 4.69) is 18.7 Å². The van der Waals surface area contributed by atoms with E-state index in [1.54, 1.807) is 12.1 Å². The average Bonchev–Trinajstić information content (AvgIpc) is 2.36. The second-order valence-electron chi connectivity index (χ2n) is 6.85. The first-order valence-electron chi connectivity index (χ1n) is 7.31. The largest absolute Gasteiger partial charge is 0.301 e. The molecule has 1 aromatic carbocycles. The molecule has 1 atom stereocenters. The van der Waals surface area contributed by atoms with Gasteiger partial charge in [-0.2, -0.15) is 0 Å². The van der Waals surface area contributed by atoms with Crippen molar-refractivity contribution in [3.63, 3.8) is 0 Å². The molecule has 0 bridgehead atoms. The molecule has 3 heteroatoms. The van der Waals surface area contributed by atoms with Gasteiger partial charge < -0.3 is 4.90 Å². The van der Waals surface area contributed by atoms with E-state index in [0.717, 1.165) is 31.5 Å². The third-order valence-corrected chi connectivity index (χ3v) is 4.20. The van der Waals surface area contributed by atoms with E-state index in [1.807, 2.05) is 7.05 Å². The van der Waals surface area contributed by atoms with E-state index < -0.39 is 0 Å². The highest BCUT2D eigenvalue weighted by molar-refractivity contribution is 5.82. The molecular formula is C17H24FNO. The quantitative estimate of drug-likeness (QED) is 0.837. The van der Waals surface area contributed by atoms with Crippen LogP contribution in [-0.4, -0.2) is 24.3 Å². The molecule has 2 nitrogen and oxygen atoms in total. The van der Waals surface area contributed by atoms with Crippen LogP contribution in [0.2, 0.25) is 0 Å². The Bertz CT molecular complexity index is 466. The highest BCUT2D eigenvalue weighted by Crippen LogP contribution is 2.37. The molecule has 0 aromatic heterocycles. The van der Waals surface area contributed by atoms with Crippen LogP contribution >= 0.6 is 0 Å². The maximum Gasteiger partial charge on any atom is 0.137 e. The third-order valence-electron chi connectivity index (χ3n) is 4.20. The van der Waals surface area contributed by atoms with Gasteiger partial charge in [-0.1, -0.05) is 26.0 Å². The molecule has 1 aromatic rings. The summed E-state index contributed by atoms with van der Waals surface area (Å²) in [7, 11) is 2.03. The van der Waals surface area contributed by atoms with Crippen LogP contribution in [0.3, 0.4) is 0 Å². The minimum atomic E-state index is -0.208. The highest BCUT2D eigenvalue weighted by Gasteiger charge is 2.33. The van der Waals surface area contributed by atoms with Crippen LogP contribution < -0.4 is 0 Å². The summed E-state index contributed by atoms with van der Waals surface area (Å²) in [5.74, 6) is 0.333. The van der Waals surface area contributed by atoms with E-state index in [0.29, 0.717) is 12.2 Å². The highest BCUT2D eigenvalue weighted by atomic mass is 19.1. The zero-order chi connectivity index (χ0) is 14.8. The number of benzene rings is 1. The van der Waals surface area contributed by atoms with Crippen molar-refractivity contribution in [2.75, 3.05) is 13.6 Å². The summed E-state index contributed by atoms with van der Waals surface area (Å²) in [6.07, 6.45) is 2.69. The summed E-state index contributed by atoms with van der Waals surface area (Å²) in [4.78, 5) is 14.2. The molecule has 20 heavy (non-hydrogen) atoms. The first kappa shape index (κ1) is 15.2. The van der Waals surface area contributed by atoms with Crippen LogP contribution in [0.25, 0.3) is 0 Å². The number of rotatable bonds is 4. The lowest BCUT2D eigenvalue weighted by Gasteiger charge is -2.36. The fourth-order valence-corrected chi connectivity index (χ4v) is 3.06. The molecule has 1 fully saturated rings. The molecule has 1 saturated carbocycles. The Labute approximate surface area is 121 Å². The molecule has 1 aliphatic carbocycles. The van der Waals surface area contributed by atoms with Crippen molar-refractivity contribution in [2.24, 2.45) is 11.3 Å². The molecule has 1 unspecified atom stereocenters. The van der Waals surface area contributed by atoms with Crippen molar-refractivity contribution in [1.82, 2.24) is 4.90 Å². The SMILES string of the molecule is CN(Cc1ccc(F)cc1)CC1CC(C)(C)CCC1=O. The van der Waals surface area contributed by atoms with E-state index in [9.17, 15) is 9.18 Å². The zero-order valence-electron chi connectivity index (χ0n) is 12.7. The molecule has 0 amide bonds. The van der Waals surface area contributed by atoms with Crippen LogP contribution in [0.1, 0.15) is 38.7 Å². The zero-order valence-corrected chi connectivity index (χ0v) is 12.7. The lowest BCUT2D eigenvalue weighted by molar-refractivity contribution is -0.127. The predicted octanol–water partition coefficient (Wildman–Crippen LogP) is 3.65. The van der Waals surface area contributed by atoms with Crippen molar-refractivity contribution in [3.8, 4) is 0 Å². The number of hydrogen-bond donors (Lipinski definition) is 0. The standard InChI is InChI=1S/C17H24FNO/c1-17(2)9-8-16(20)14(10-17)12-19(3)11-13-4-6-15(18)7-5-13/h4-7,14H,8-12H2,1-3H3. The Hall–Kier alpha value is -1.22. The van der Waals surface area contributed by atoms with Gasteiger partial charge in [-0.3, -0.25) is 4.79 Å². The molecule has 0 saturated heterocycles. The predicted molar refractivity (Wildman–Crippen MR) is 78.9 cm³/mol. The normalized spacial score (nSPS) is 22.2. The van der Waals surface area contributed by atoms with Gasteiger partial charge in [-0.25, -0.2) is 4.39 Å². The van der Waals surface area contributed by atoms with Gasteiger partial charge in [0.2, 0.25) is 0 Å². The Morgan fingerprint density at radius 2 is 1.95 bits per heavy atom. The van der Waals surface area contributed by atoms with E-state index in [-0.39, 0.29) is 17.2 Å². The number of ketones is 1. The summed E-state index contributed by atoms with van der Waals surface area (Å²) in [5.41, 5.74) is 1.35. The van der Waals surface area contributed by atoms with Crippen LogP contribution in [0.4, 0.5) is 4.39 Å². The van der Waals surface area contributed by atoms with Crippen LogP contribution in [-0.2, 0) is 11.3 Å². The fourth-order valence-electron chi connectivity index (χ4n) is 3.06. The smallest absolute Gasteiger partial charge is 0.137 e. The molecule has 0 N–H and O–H groups in total. The topological polar surface area (TPSA) is 20.3 Å². The number of nitrogens with zero attached hydrogens (tertiary/aromatic N) is 1. The van der Waals surface area contributed by atoms with Gasteiger partial charge in [0.15, 0.2) is 0 Å². The number of halogens is 1. The van der Waals surface area contributed by atoms with Gasteiger partial charge in [0.05, 0.1) is 0 Å². The van der Waals surface area contributed by atoms with Gasteiger partial charge >= 0.3 is 0 Å². The van der Waals surface area contributed by atoms with Crippen molar-refractivity contribution in [2.45, 2.75) is 39.7 Å².